The lowest BCUT2D eigenvalue weighted by atomic mass is 10.1. The summed E-state index contributed by atoms with van der Waals surface area (Å²) in [4.78, 5) is 12.1. The zero-order valence-electron chi connectivity index (χ0n) is 12.8. The molecule has 0 bridgehead atoms. The highest BCUT2D eigenvalue weighted by molar-refractivity contribution is 6.03. The van der Waals surface area contributed by atoms with E-state index in [1.165, 1.54) is 6.07 Å². The number of amides is 1. The van der Waals surface area contributed by atoms with Crippen LogP contribution in [-0.2, 0) is 4.79 Å². The number of carbonyl (C=O) groups excluding carboxylic acids is 1. The van der Waals surface area contributed by atoms with E-state index in [1.807, 2.05) is 49.4 Å². The minimum Gasteiger partial charge on any atom is -0.374 e. The highest BCUT2D eigenvalue weighted by Crippen LogP contribution is 2.23. The van der Waals surface area contributed by atoms with Gasteiger partial charge in [-0.15, -0.1) is 0 Å². The van der Waals surface area contributed by atoms with Gasteiger partial charge in [-0.2, -0.15) is 0 Å². The highest BCUT2D eigenvalue weighted by atomic mass is 19.1. The minimum absolute atomic E-state index is 0.00318. The maximum absolute atomic E-state index is 13.7. The molecule has 0 fully saturated rings. The normalized spacial score (nSPS) is 10.5. The molecular formula is C19H17FN2O. The van der Waals surface area contributed by atoms with Crippen molar-refractivity contribution in [1.29, 1.82) is 0 Å². The van der Waals surface area contributed by atoms with Crippen LogP contribution in [0, 0.1) is 12.7 Å². The number of nitrogens with one attached hydrogen (secondary N) is 2. The lowest BCUT2D eigenvalue weighted by molar-refractivity contribution is -0.114. The number of halogens is 1. The van der Waals surface area contributed by atoms with E-state index in [4.69, 9.17) is 0 Å². The summed E-state index contributed by atoms with van der Waals surface area (Å²) in [6, 6.07) is 18.4. The summed E-state index contributed by atoms with van der Waals surface area (Å²) in [7, 11) is 0. The van der Waals surface area contributed by atoms with Crippen molar-refractivity contribution in [3.05, 3.63) is 72.0 Å². The molecule has 116 valence electrons. The topological polar surface area (TPSA) is 41.1 Å². The van der Waals surface area contributed by atoms with Crippen LogP contribution in [0.25, 0.3) is 10.8 Å². The van der Waals surface area contributed by atoms with Crippen molar-refractivity contribution < 1.29 is 9.18 Å². The monoisotopic (exact) mass is 308 g/mol. The van der Waals surface area contributed by atoms with Crippen molar-refractivity contribution in [2.75, 3.05) is 17.2 Å². The second-order valence-corrected chi connectivity index (χ2v) is 5.41. The van der Waals surface area contributed by atoms with Gasteiger partial charge in [-0.25, -0.2) is 4.39 Å². The number of fused-ring (bicyclic) bond motifs is 1. The van der Waals surface area contributed by atoms with E-state index in [0.29, 0.717) is 5.69 Å². The average Bonchev–Trinajstić information content (AvgIpc) is 2.54. The van der Waals surface area contributed by atoms with Gasteiger partial charge in [0.05, 0.1) is 12.2 Å². The number of hydrogen-bond donors (Lipinski definition) is 2. The Morgan fingerprint density at radius 1 is 1.00 bits per heavy atom. The van der Waals surface area contributed by atoms with Crippen LogP contribution in [0.3, 0.4) is 0 Å². The number of rotatable bonds is 4. The molecule has 0 unspecified atom stereocenters. The van der Waals surface area contributed by atoms with Crippen LogP contribution in [0.5, 0.6) is 0 Å². The highest BCUT2D eigenvalue weighted by Gasteiger charge is 2.07. The van der Waals surface area contributed by atoms with E-state index in [1.54, 1.807) is 12.1 Å². The van der Waals surface area contributed by atoms with E-state index in [2.05, 4.69) is 10.6 Å². The number of carbonyl (C=O) groups is 1. The van der Waals surface area contributed by atoms with Gasteiger partial charge in [0.15, 0.2) is 0 Å². The molecule has 0 atom stereocenters. The van der Waals surface area contributed by atoms with Gasteiger partial charge in [0, 0.05) is 11.1 Å². The third-order valence-electron chi connectivity index (χ3n) is 3.63. The van der Waals surface area contributed by atoms with Gasteiger partial charge in [-0.3, -0.25) is 4.79 Å². The van der Waals surface area contributed by atoms with Crippen LogP contribution in [0.2, 0.25) is 0 Å². The number of aryl methyl sites for hydroxylation is 1. The lowest BCUT2D eigenvalue weighted by Crippen LogP contribution is -2.22. The molecule has 0 heterocycles. The van der Waals surface area contributed by atoms with Crippen molar-refractivity contribution in [3.63, 3.8) is 0 Å². The van der Waals surface area contributed by atoms with E-state index in [9.17, 15) is 9.18 Å². The predicted octanol–water partition coefficient (Wildman–Crippen LogP) is 4.34. The first-order valence-electron chi connectivity index (χ1n) is 7.41. The SMILES string of the molecule is Cc1ccc(NCC(=O)Nc2cccc3ccccc23)c(F)c1. The molecule has 0 spiro atoms. The molecule has 3 aromatic rings. The van der Waals surface area contributed by atoms with Crippen LogP contribution >= 0.6 is 0 Å². The fourth-order valence-corrected chi connectivity index (χ4v) is 2.47. The summed E-state index contributed by atoms with van der Waals surface area (Å²) in [5.74, 6) is -0.579. The summed E-state index contributed by atoms with van der Waals surface area (Å²) < 4.78 is 13.7. The molecular weight excluding hydrogens is 291 g/mol. The third-order valence-corrected chi connectivity index (χ3v) is 3.63. The van der Waals surface area contributed by atoms with E-state index in [0.717, 1.165) is 22.0 Å². The van der Waals surface area contributed by atoms with Crippen LogP contribution in [0.1, 0.15) is 5.56 Å². The van der Waals surface area contributed by atoms with Gasteiger partial charge in [0.2, 0.25) is 5.91 Å². The molecule has 0 aliphatic carbocycles. The molecule has 23 heavy (non-hydrogen) atoms. The standard InChI is InChI=1S/C19H17FN2O/c1-13-9-10-18(16(20)11-13)21-12-19(23)22-17-8-4-6-14-5-2-3-7-15(14)17/h2-11,21H,12H2,1H3,(H,22,23). The third kappa shape index (κ3) is 3.48. The van der Waals surface area contributed by atoms with Crippen molar-refractivity contribution in [2.24, 2.45) is 0 Å². The Morgan fingerprint density at radius 3 is 2.61 bits per heavy atom. The van der Waals surface area contributed by atoms with Crippen molar-refractivity contribution in [3.8, 4) is 0 Å². The van der Waals surface area contributed by atoms with Gasteiger partial charge < -0.3 is 10.6 Å². The Bertz CT molecular complexity index is 856. The number of anilines is 2. The summed E-state index contributed by atoms with van der Waals surface area (Å²) in [6.45, 7) is 1.82. The number of hydrogen-bond acceptors (Lipinski definition) is 2. The summed E-state index contributed by atoms with van der Waals surface area (Å²) in [5, 5.41) is 7.72. The maximum Gasteiger partial charge on any atom is 0.243 e. The largest absolute Gasteiger partial charge is 0.374 e. The molecule has 0 saturated carbocycles. The van der Waals surface area contributed by atoms with Crippen molar-refractivity contribution in [2.45, 2.75) is 6.92 Å². The fraction of sp³-hybridized carbons (Fsp3) is 0.105. The minimum atomic E-state index is -0.358. The van der Waals surface area contributed by atoms with E-state index >= 15 is 0 Å². The van der Waals surface area contributed by atoms with Crippen LogP contribution in [-0.4, -0.2) is 12.5 Å². The van der Waals surface area contributed by atoms with E-state index < -0.39 is 0 Å². The molecule has 3 rings (SSSR count). The lowest BCUT2D eigenvalue weighted by Gasteiger charge is -2.11. The quantitative estimate of drug-likeness (QED) is 0.753. The molecule has 0 radical (unpaired) electrons. The second kappa shape index (κ2) is 6.48. The van der Waals surface area contributed by atoms with Gasteiger partial charge in [-0.05, 0) is 36.1 Å². The average molecular weight is 308 g/mol. The molecule has 1 amide bonds. The Morgan fingerprint density at radius 2 is 1.78 bits per heavy atom. The fourth-order valence-electron chi connectivity index (χ4n) is 2.47. The molecule has 4 heteroatoms. The van der Waals surface area contributed by atoms with Crippen LogP contribution in [0.15, 0.2) is 60.7 Å². The number of benzene rings is 3. The van der Waals surface area contributed by atoms with Crippen LogP contribution < -0.4 is 10.6 Å². The second-order valence-electron chi connectivity index (χ2n) is 5.41. The van der Waals surface area contributed by atoms with Crippen molar-refractivity contribution >= 4 is 28.1 Å². The summed E-state index contributed by atoms with van der Waals surface area (Å²) >= 11 is 0. The molecule has 0 aliphatic heterocycles. The molecule has 0 aliphatic rings. The first kappa shape index (κ1) is 15.0. The van der Waals surface area contributed by atoms with Gasteiger partial charge in [0.1, 0.15) is 5.82 Å². The Hall–Kier alpha value is -2.88. The zero-order chi connectivity index (χ0) is 16.2. The van der Waals surface area contributed by atoms with E-state index in [-0.39, 0.29) is 18.3 Å². The Balaban J connectivity index is 1.69. The molecule has 3 aromatic carbocycles. The van der Waals surface area contributed by atoms with Crippen molar-refractivity contribution in [1.82, 2.24) is 0 Å². The van der Waals surface area contributed by atoms with Crippen LogP contribution in [0.4, 0.5) is 15.8 Å². The first-order chi connectivity index (χ1) is 11.1. The Kier molecular flexibility index (Phi) is 4.24. The summed E-state index contributed by atoms with van der Waals surface area (Å²) in [5.41, 5.74) is 1.91. The molecule has 2 N–H and O–H groups in total. The summed E-state index contributed by atoms with van der Waals surface area (Å²) in [6.07, 6.45) is 0. The first-order valence-corrected chi connectivity index (χ1v) is 7.41. The zero-order valence-corrected chi connectivity index (χ0v) is 12.8. The van der Waals surface area contributed by atoms with Gasteiger partial charge >= 0.3 is 0 Å². The molecule has 3 nitrogen and oxygen atoms in total. The van der Waals surface area contributed by atoms with Gasteiger partial charge in [0.25, 0.3) is 0 Å². The smallest absolute Gasteiger partial charge is 0.243 e. The molecule has 0 saturated heterocycles. The Labute approximate surface area is 134 Å². The molecule has 0 aromatic heterocycles. The van der Waals surface area contributed by atoms with Gasteiger partial charge in [-0.1, -0.05) is 42.5 Å². The maximum atomic E-state index is 13.7. The predicted molar refractivity (Wildman–Crippen MR) is 92.2 cm³/mol.